The van der Waals surface area contributed by atoms with E-state index in [1.54, 1.807) is 6.20 Å². The molecular weight excluding hydrogens is 258 g/mol. The molecule has 0 radical (unpaired) electrons. The summed E-state index contributed by atoms with van der Waals surface area (Å²) in [4.78, 5) is 4.11. The first-order valence-corrected chi connectivity index (χ1v) is 6.99. The predicted octanol–water partition coefficient (Wildman–Crippen LogP) is 3.68. The number of pyridine rings is 1. The summed E-state index contributed by atoms with van der Waals surface area (Å²) in [5.74, 6) is 0.569. The Bertz CT molecular complexity index is 784. The zero-order valence-electron chi connectivity index (χ0n) is 12.3. The smallest absolute Gasteiger partial charge is 0.131 e. The van der Waals surface area contributed by atoms with E-state index in [2.05, 4.69) is 41.4 Å². The molecule has 0 saturated carbocycles. The van der Waals surface area contributed by atoms with Gasteiger partial charge in [0.05, 0.1) is 0 Å². The molecule has 0 aliphatic heterocycles. The van der Waals surface area contributed by atoms with Gasteiger partial charge in [-0.2, -0.15) is 0 Å². The van der Waals surface area contributed by atoms with Gasteiger partial charge in [0.25, 0.3) is 0 Å². The van der Waals surface area contributed by atoms with Crippen molar-refractivity contribution in [1.82, 2.24) is 4.98 Å². The van der Waals surface area contributed by atoms with E-state index in [0.717, 1.165) is 21.9 Å². The highest BCUT2D eigenvalue weighted by atomic mass is 14.8. The number of nitrogens with zero attached hydrogens (tertiary/aromatic N) is 1. The number of hydrogen-bond acceptors (Lipinski definition) is 3. The van der Waals surface area contributed by atoms with Crippen LogP contribution in [0.25, 0.3) is 21.9 Å². The Morgan fingerprint density at radius 3 is 2.24 bits per heavy atom. The Morgan fingerprint density at radius 1 is 0.905 bits per heavy atom. The highest BCUT2D eigenvalue weighted by Gasteiger charge is 2.13. The lowest BCUT2D eigenvalue weighted by Gasteiger charge is -2.19. The van der Waals surface area contributed by atoms with Crippen molar-refractivity contribution in [2.75, 3.05) is 5.73 Å². The van der Waals surface area contributed by atoms with Crippen LogP contribution in [0.5, 0.6) is 0 Å². The Morgan fingerprint density at radius 2 is 1.57 bits per heavy atom. The Labute approximate surface area is 124 Å². The first kappa shape index (κ1) is 13.6. The van der Waals surface area contributed by atoms with Gasteiger partial charge < -0.3 is 11.5 Å². The van der Waals surface area contributed by atoms with Gasteiger partial charge in [-0.25, -0.2) is 4.98 Å². The van der Waals surface area contributed by atoms with Crippen molar-refractivity contribution < 1.29 is 0 Å². The summed E-state index contributed by atoms with van der Waals surface area (Å²) in [5.41, 5.74) is 15.1. The molecule has 2 aromatic carbocycles. The zero-order chi connectivity index (χ0) is 15.0. The van der Waals surface area contributed by atoms with Gasteiger partial charge in [0.1, 0.15) is 5.82 Å². The largest absolute Gasteiger partial charge is 0.383 e. The van der Waals surface area contributed by atoms with Crippen molar-refractivity contribution in [2.24, 2.45) is 5.73 Å². The van der Waals surface area contributed by atoms with Crippen molar-refractivity contribution >= 4 is 16.6 Å². The van der Waals surface area contributed by atoms with E-state index in [4.69, 9.17) is 11.5 Å². The minimum Gasteiger partial charge on any atom is -0.383 e. The number of hydrogen-bond donors (Lipinski definition) is 2. The van der Waals surface area contributed by atoms with Crippen LogP contribution in [0.4, 0.5) is 5.82 Å². The maximum Gasteiger partial charge on any atom is 0.131 e. The fourth-order valence-corrected chi connectivity index (χ4v) is 2.47. The fourth-order valence-electron chi connectivity index (χ4n) is 2.47. The Hall–Kier alpha value is -2.39. The molecule has 0 atom stereocenters. The summed E-state index contributed by atoms with van der Waals surface area (Å²) in [7, 11) is 0. The molecule has 1 heterocycles. The number of benzene rings is 2. The van der Waals surface area contributed by atoms with Gasteiger partial charge in [-0.15, -0.1) is 0 Å². The van der Waals surface area contributed by atoms with Gasteiger partial charge >= 0.3 is 0 Å². The van der Waals surface area contributed by atoms with Gasteiger partial charge in [-0.05, 0) is 48.1 Å². The average molecular weight is 277 g/mol. The van der Waals surface area contributed by atoms with E-state index in [9.17, 15) is 0 Å². The topological polar surface area (TPSA) is 64.9 Å². The summed E-state index contributed by atoms with van der Waals surface area (Å²) in [6, 6.07) is 16.6. The number of rotatable bonds is 2. The van der Waals surface area contributed by atoms with Crippen molar-refractivity contribution in [3.63, 3.8) is 0 Å². The summed E-state index contributed by atoms with van der Waals surface area (Å²) in [5, 5.41) is 2.09. The van der Waals surface area contributed by atoms with Gasteiger partial charge in [-0.1, -0.05) is 36.4 Å². The van der Waals surface area contributed by atoms with Crippen molar-refractivity contribution in [3.8, 4) is 11.1 Å². The van der Waals surface area contributed by atoms with Crippen LogP contribution >= 0.6 is 0 Å². The lowest BCUT2D eigenvalue weighted by Crippen LogP contribution is -2.28. The molecule has 0 fully saturated rings. The predicted molar refractivity (Wildman–Crippen MR) is 88.8 cm³/mol. The molecule has 0 amide bonds. The van der Waals surface area contributed by atoms with Crippen LogP contribution < -0.4 is 11.5 Å². The van der Waals surface area contributed by atoms with E-state index in [-0.39, 0.29) is 5.54 Å². The summed E-state index contributed by atoms with van der Waals surface area (Å²) in [6.45, 7) is 4.02. The number of nitrogens with two attached hydrogens (primary N) is 2. The van der Waals surface area contributed by atoms with Crippen molar-refractivity contribution in [1.29, 1.82) is 0 Å². The monoisotopic (exact) mass is 277 g/mol. The molecule has 0 aliphatic rings. The summed E-state index contributed by atoms with van der Waals surface area (Å²) in [6.07, 6.45) is 1.74. The van der Waals surface area contributed by atoms with E-state index in [1.165, 1.54) is 5.56 Å². The molecule has 3 rings (SSSR count). The quantitative estimate of drug-likeness (QED) is 0.751. The number of aromatic nitrogens is 1. The molecule has 3 heteroatoms. The summed E-state index contributed by atoms with van der Waals surface area (Å²) < 4.78 is 0. The number of nitrogen functional groups attached to an aromatic ring is 1. The maximum atomic E-state index is 6.12. The van der Waals surface area contributed by atoms with E-state index < -0.39 is 0 Å². The van der Waals surface area contributed by atoms with Crippen LogP contribution in [0, 0.1) is 0 Å². The van der Waals surface area contributed by atoms with Crippen LogP contribution in [0.3, 0.4) is 0 Å². The van der Waals surface area contributed by atoms with E-state index in [0.29, 0.717) is 5.82 Å². The second kappa shape index (κ2) is 4.86. The SMILES string of the molecule is CC(C)(N)c1ccc(-c2ccc3c(N)nccc3c2)cc1. The first-order valence-electron chi connectivity index (χ1n) is 6.99. The van der Waals surface area contributed by atoms with Gasteiger partial charge in [0.15, 0.2) is 0 Å². The molecule has 0 saturated heterocycles. The third-order valence-corrected chi connectivity index (χ3v) is 3.76. The van der Waals surface area contributed by atoms with Crippen molar-refractivity contribution in [2.45, 2.75) is 19.4 Å². The lowest BCUT2D eigenvalue weighted by atomic mass is 9.93. The standard InChI is InChI=1S/C18H19N3/c1-18(2,20)15-6-3-12(4-7-15)13-5-8-16-14(11-13)9-10-21-17(16)19/h3-11H,20H2,1-2H3,(H2,19,21). The molecule has 21 heavy (non-hydrogen) atoms. The molecule has 106 valence electrons. The highest BCUT2D eigenvalue weighted by molar-refractivity contribution is 5.93. The average Bonchev–Trinajstić information content (AvgIpc) is 2.46. The van der Waals surface area contributed by atoms with Gasteiger partial charge in [0, 0.05) is 17.1 Å². The van der Waals surface area contributed by atoms with Crippen molar-refractivity contribution in [3.05, 3.63) is 60.3 Å². The molecule has 3 nitrogen and oxygen atoms in total. The van der Waals surface area contributed by atoms with Crippen LogP contribution in [-0.4, -0.2) is 4.98 Å². The summed E-state index contributed by atoms with van der Waals surface area (Å²) >= 11 is 0. The first-order chi connectivity index (χ1) is 9.95. The van der Waals surface area contributed by atoms with Crippen LogP contribution in [0.2, 0.25) is 0 Å². The molecular formula is C18H19N3. The Balaban J connectivity index is 2.04. The Kier molecular flexibility index (Phi) is 3.15. The molecule has 0 bridgehead atoms. The zero-order valence-corrected chi connectivity index (χ0v) is 12.3. The van der Waals surface area contributed by atoms with E-state index >= 15 is 0 Å². The molecule has 0 spiro atoms. The van der Waals surface area contributed by atoms with Gasteiger partial charge in [0.2, 0.25) is 0 Å². The lowest BCUT2D eigenvalue weighted by molar-refractivity contribution is 0.554. The second-order valence-corrected chi connectivity index (χ2v) is 5.93. The normalized spacial score (nSPS) is 11.8. The molecule has 0 aliphatic carbocycles. The van der Waals surface area contributed by atoms with Crippen LogP contribution in [-0.2, 0) is 5.54 Å². The third kappa shape index (κ3) is 2.60. The fraction of sp³-hybridized carbons (Fsp3) is 0.167. The minimum atomic E-state index is -0.317. The van der Waals surface area contributed by atoms with E-state index in [1.807, 2.05) is 26.0 Å². The maximum absolute atomic E-state index is 6.12. The van der Waals surface area contributed by atoms with Crippen LogP contribution in [0.1, 0.15) is 19.4 Å². The molecule has 3 aromatic rings. The molecule has 1 aromatic heterocycles. The number of anilines is 1. The molecule has 4 N–H and O–H groups in total. The van der Waals surface area contributed by atoms with Crippen LogP contribution in [0.15, 0.2) is 54.7 Å². The second-order valence-electron chi connectivity index (χ2n) is 5.93. The minimum absolute atomic E-state index is 0.317. The van der Waals surface area contributed by atoms with Gasteiger partial charge in [-0.3, -0.25) is 0 Å². The molecule has 0 unspecified atom stereocenters. The third-order valence-electron chi connectivity index (χ3n) is 3.76. The number of fused-ring (bicyclic) bond motifs is 1. The highest BCUT2D eigenvalue weighted by Crippen LogP contribution is 2.27.